The van der Waals surface area contributed by atoms with Crippen LogP contribution in [0.3, 0.4) is 0 Å². The molecule has 0 radical (unpaired) electrons. The summed E-state index contributed by atoms with van der Waals surface area (Å²) in [5.41, 5.74) is 0.292. The number of rotatable bonds is 12. The van der Waals surface area contributed by atoms with E-state index in [0.29, 0.717) is 11.5 Å². The second-order valence-corrected chi connectivity index (χ2v) is 8.32. The molecule has 1 rings (SSSR count). The van der Waals surface area contributed by atoms with Crippen molar-refractivity contribution in [1.82, 2.24) is 10.4 Å². The molecule has 0 bridgehead atoms. The van der Waals surface area contributed by atoms with E-state index in [9.17, 15) is 19.6 Å². The van der Waals surface area contributed by atoms with Crippen molar-refractivity contribution in [1.29, 1.82) is 0 Å². The van der Waals surface area contributed by atoms with Gasteiger partial charge in [0.2, 0.25) is 12.3 Å². The lowest BCUT2D eigenvalue weighted by Crippen LogP contribution is -2.52. The van der Waals surface area contributed by atoms with Crippen molar-refractivity contribution in [3.63, 3.8) is 0 Å². The van der Waals surface area contributed by atoms with Crippen LogP contribution >= 0.6 is 0 Å². The molecule has 29 heavy (non-hydrogen) atoms. The third-order valence-corrected chi connectivity index (χ3v) is 4.67. The highest BCUT2D eigenvalue weighted by Crippen LogP contribution is 2.22. The van der Waals surface area contributed by atoms with Crippen molar-refractivity contribution in [2.75, 3.05) is 6.54 Å². The zero-order chi connectivity index (χ0) is 21.9. The molecule has 0 aromatic heterocycles. The van der Waals surface area contributed by atoms with Gasteiger partial charge in [0.05, 0.1) is 12.5 Å². The minimum absolute atomic E-state index is 0.116. The zero-order valence-corrected chi connectivity index (χ0v) is 17.9. The number of carbonyl (C=O) groups excluding carboxylic acids is 3. The third-order valence-electron chi connectivity index (χ3n) is 4.67. The van der Waals surface area contributed by atoms with Crippen LogP contribution in [-0.4, -0.2) is 41.1 Å². The van der Waals surface area contributed by atoms with Crippen molar-refractivity contribution in [2.24, 2.45) is 11.3 Å². The number of esters is 1. The lowest BCUT2D eigenvalue weighted by molar-refractivity contribution is -0.157. The average molecular weight is 407 g/mol. The summed E-state index contributed by atoms with van der Waals surface area (Å²) >= 11 is 0. The lowest BCUT2D eigenvalue weighted by Gasteiger charge is -2.31. The summed E-state index contributed by atoms with van der Waals surface area (Å²) in [6, 6.07) is 8.47. The van der Waals surface area contributed by atoms with Gasteiger partial charge in [-0.3, -0.25) is 14.8 Å². The molecule has 0 saturated heterocycles. The molecule has 7 heteroatoms. The second kappa shape index (κ2) is 12.2. The summed E-state index contributed by atoms with van der Waals surface area (Å²) in [6.07, 6.45) is 3.51. The molecule has 2 N–H and O–H groups in total. The smallest absolute Gasteiger partial charge is 0.329 e. The monoisotopic (exact) mass is 406 g/mol. The Bertz CT molecular complexity index is 642. The minimum Gasteiger partial charge on any atom is -0.459 e. The van der Waals surface area contributed by atoms with E-state index in [1.54, 1.807) is 0 Å². The first-order chi connectivity index (χ1) is 13.7. The summed E-state index contributed by atoms with van der Waals surface area (Å²) in [7, 11) is 0. The largest absolute Gasteiger partial charge is 0.459 e. The predicted octanol–water partition coefficient (Wildman–Crippen LogP) is 3.30. The normalized spacial score (nSPS) is 13.3. The Morgan fingerprint density at radius 2 is 1.86 bits per heavy atom. The SMILES string of the molecule is CCCCCC(CN(O)C=O)C(=O)N[C@H](C(=O)OCc1ccccc1)C(C)(C)C. The molecule has 0 aliphatic heterocycles. The van der Waals surface area contributed by atoms with Gasteiger partial charge in [-0.1, -0.05) is 77.3 Å². The van der Waals surface area contributed by atoms with Crippen molar-refractivity contribution in [3.05, 3.63) is 35.9 Å². The topological polar surface area (TPSA) is 95.9 Å². The Hall–Kier alpha value is -2.41. The van der Waals surface area contributed by atoms with Crippen molar-refractivity contribution in [2.45, 2.75) is 66.0 Å². The highest BCUT2D eigenvalue weighted by Gasteiger charge is 2.36. The van der Waals surface area contributed by atoms with Crippen LogP contribution in [0, 0.1) is 11.3 Å². The quantitative estimate of drug-likeness (QED) is 0.183. The molecule has 0 aliphatic rings. The molecule has 0 aliphatic carbocycles. The molecule has 7 nitrogen and oxygen atoms in total. The Balaban J connectivity index is 2.82. The fraction of sp³-hybridized carbons (Fsp3) is 0.591. The van der Waals surface area contributed by atoms with Gasteiger partial charge in [0, 0.05) is 0 Å². The molecule has 162 valence electrons. The second-order valence-electron chi connectivity index (χ2n) is 8.32. The summed E-state index contributed by atoms with van der Waals surface area (Å²) in [4.78, 5) is 36.3. The molecule has 0 saturated carbocycles. The number of benzene rings is 1. The number of nitrogens with zero attached hydrogens (tertiary/aromatic N) is 1. The van der Waals surface area contributed by atoms with E-state index in [1.807, 2.05) is 51.1 Å². The Labute approximate surface area is 173 Å². The maximum Gasteiger partial charge on any atom is 0.329 e. The maximum absolute atomic E-state index is 12.9. The van der Waals surface area contributed by atoms with E-state index in [4.69, 9.17) is 4.74 Å². The molecule has 0 spiro atoms. The molecule has 0 heterocycles. The number of hydrogen-bond donors (Lipinski definition) is 2. The standard InChI is InChI=1S/C22H34N2O5/c1-5-6-8-13-18(14-24(28)16-25)20(26)23-19(22(2,3)4)21(27)29-15-17-11-9-7-10-12-17/h7,9-12,16,18-19,28H,5-6,8,13-15H2,1-4H3,(H,23,26)/t18?,19-/m1/s1. The molecular weight excluding hydrogens is 372 g/mol. The van der Waals surface area contributed by atoms with Gasteiger partial charge >= 0.3 is 5.97 Å². The molecule has 1 aromatic carbocycles. The number of hydrogen-bond acceptors (Lipinski definition) is 5. The van der Waals surface area contributed by atoms with Crippen LogP contribution in [0.1, 0.15) is 58.9 Å². The number of unbranched alkanes of at least 4 members (excludes halogenated alkanes) is 2. The van der Waals surface area contributed by atoms with Crippen LogP contribution in [0.2, 0.25) is 0 Å². The molecule has 1 unspecified atom stereocenters. The van der Waals surface area contributed by atoms with Gasteiger partial charge in [0.1, 0.15) is 12.6 Å². The van der Waals surface area contributed by atoms with Crippen LogP contribution in [0.4, 0.5) is 0 Å². The molecule has 1 aromatic rings. The van der Waals surface area contributed by atoms with E-state index < -0.39 is 23.3 Å². The minimum atomic E-state index is -0.851. The lowest BCUT2D eigenvalue weighted by atomic mass is 9.86. The summed E-state index contributed by atoms with van der Waals surface area (Å²) in [6.45, 7) is 7.59. The van der Waals surface area contributed by atoms with Crippen molar-refractivity contribution >= 4 is 18.3 Å². The first-order valence-electron chi connectivity index (χ1n) is 10.1. The summed E-state index contributed by atoms with van der Waals surface area (Å²) in [5.74, 6) is -1.50. The van der Waals surface area contributed by atoms with Crippen molar-refractivity contribution in [3.8, 4) is 0 Å². The fourth-order valence-corrected chi connectivity index (χ4v) is 2.92. The zero-order valence-electron chi connectivity index (χ0n) is 17.9. The number of ether oxygens (including phenoxy) is 1. The van der Waals surface area contributed by atoms with Crippen LogP contribution in [0.25, 0.3) is 0 Å². The first kappa shape index (κ1) is 24.6. The number of amides is 2. The average Bonchev–Trinajstić information content (AvgIpc) is 2.69. The van der Waals surface area contributed by atoms with E-state index in [2.05, 4.69) is 12.2 Å². The van der Waals surface area contributed by atoms with Crippen molar-refractivity contribution < 1.29 is 24.3 Å². The Morgan fingerprint density at radius 1 is 1.21 bits per heavy atom. The summed E-state index contributed by atoms with van der Waals surface area (Å²) in [5, 5.41) is 12.8. The van der Waals surface area contributed by atoms with E-state index in [0.717, 1.165) is 24.8 Å². The van der Waals surface area contributed by atoms with Gasteiger partial charge in [0.25, 0.3) is 0 Å². The fourth-order valence-electron chi connectivity index (χ4n) is 2.92. The van der Waals surface area contributed by atoms with Gasteiger partial charge in [-0.05, 0) is 17.4 Å². The van der Waals surface area contributed by atoms with Crippen LogP contribution < -0.4 is 5.32 Å². The molecule has 2 amide bonds. The van der Waals surface area contributed by atoms with Crippen LogP contribution in [0.5, 0.6) is 0 Å². The van der Waals surface area contributed by atoms with Gasteiger partial charge in [-0.25, -0.2) is 9.86 Å². The number of carbonyl (C=O) groups is 3. The highest BCUT2D eigenvalue weighted by atomic mass is 16.5. The highest BCUT2D eigenvalue weighted by molar-refractivity contribution is 5.86. The van der Waals surface area contributed by atoms with E-state index in [1.165, 1.54) is 0 Å². The van der Waals surface area contributed by atoms with Gasteiger partial charge < -0.3 is 10.1 Å². The van der Waals surface area contributed by atoms with Gasteiger partial charge in [-0.15, -0.1) is 0 Å². The molecule has 2 atom stereocenters. The van der Waals surface area contributed by atoms with Crippen LogP contribution in [0.15, 0.2) is 30.3 Å². The number of hydroxylamine groups is 2. The predicted molar refractivity (Wildman–Crippen MR) is 110 cm³/mol. The molecule has 0 fully saturated rings. The van der Waals surface area contributed by atoms with Crippen LogP contribution in [-0.2, 0) is 25.7 Å². The maximum atomic E-state index is 12.9. The summed E-state index contributed by atoms with van der Waals surface area (Å²) < 4.78 is 5.43. The Kier molecular flexibility index (Phi) is 10.4. The van der Waals surface area contributed by atoms with E-state index >= 15 is 0 Å². The van der Waals surface area contributed by atoms with Gasteiger partial charge in [-0.2, -0.15) is 0 Å². The molecular formula is C22H34N2O5. The van der Waals surface area contributed by atoms with E-state index in [-0.39, 0.29) is 25.5 Å². The first-order valence-corrected chi connectivity index (χ1v) is 10.1. The van der Waals surface area contributed by atoms with Gasteiger partial charge in [0.15, 0.2) is 0 Å². The third kappa shape index (κ3) is 9.09. The Morgan fingerprint density at radius 3 is 2.41 bits per heavy atom. The number of nitrogens with one attached hydrogen (secondary N) is 1.